The van der Waals surface area contributed by atoms with Crippen LogP contribution in [0.25, 0.3) is 0 Å². The summed E-state index contributed by atoms with van der Waals surface area (Å²) in [6, 6.07) is 3.66. The fourth-order valence-electron chi connectivity index (χ4n) is 1.56. The molecular weight excluding hydrogens is 385 g/mol. The summed E-state index contributed by atoms with van der Waals surface area (Å²) in [6.45, 7) is -0.396. The number of rotatable bonds is 6. The lowest BCUT2D eigenvalue weighted by atomic mass is 10.3. The van der Waals surface area contributed by atoms with Gasteiger partial charge in [-0.3, -0.25) is 0 Å². The fourth-order valence-corrected chi connectivity index (χ4v) is 2.75. The Morgan fingerprint density at radius 3 is 2.05 bits per heavy atom. The highest BCUT2D eigenvalue weighted by molar-refractivity contribution is 9.09. The van der Waals surface area contributed by atoms with Gasteiger partial charge < -0.3 is 4.90 Å². The van der Waals surface area contributed by atoms with Crippen LogP contribution >= 0.6 is 15.9 Å². The molecule has 1 aromatic carbocycles. The van der Waals surface area contributed by atoms with Gasteiger partial charge in [0.25, 0.3) is 16.3 Å². The van der Waals surface area contributed by atoms with Crippen LogP contribution in [-0.4, -0.2) is 38.8 Å². The summed E-state index contributed by atoms with van der Waals surface area (Å²) < 4.78 is 84.3. The van der Waals surface area contributed by atoms with Crippen LogP contribution in [0.1, 0.15) is 0 Å². The van der Waals surface area contributed by atoms with Gasteiger partial charge in [0.15, 0.2) is 0 Å². The Kier molecular flexibility index (Phi) is 5.97. The van der Waals surface area contributed by atoms with E-state index in [0.29, 0.717) is 5.33 Å². The zero-order chi connectivity index (χ0) is 16.3. The molecule has 0 N–H and O–H groups in total. The largest absolute Gasteiger partial charge is 0.501 e. The van der Waals surface area contributed by atoms with Gasteiger partial charge >= 0.3 is 5.51 Å². The number of anilines is 1. The highest BCUT2D eigenvalue weighted by Crippen LogP contribution is 2.31. The van der Waals surface area contributed by atoms with Crippen LogP contribution in [0.4, 0.5) is 27.6 Å². The number of hydrogen-bond acceptors (Lipinski definition) is 3. The van der Waals surface area contributed by atoms with E-state index in [1.807, 2.05) is 0 Å². The van der Waals surface area contributed by atoms with Crippen molar-refractivity contribution in [3.05, 3.63) is 24.3 Å². The number of nitrogens with zero attached hydrogens (tertiary/aromatic N) is 1. The predicted octanol–water partition coefficient (Wildman–Crippen LogP) is 3.45. The van der Waals surface area contributed by atoms with Crippen LogP contribution in [0.3, 0.4) is 0 Å². The maximum Gasteiger partial charge on any atom is 0.501 e. The minimum atomic E-state index is -5.43. The summed E-state index contributed by atoms with van der Waals surface area (Å²) in [4.78, 5) is 0.318. The Hall–Kier alpha value is -0.900. The van der Waals surface area contributed by atoms with Crippen molar-refractivity contribution in [1.29, 1.82) is 0 Å². The summed E-state index contributed by atoms with van der Waals surface area (Å²) in [5.74, 6) is 0. The Balaban J connectivity index is 3.06. The molecule has 0 radical (unpaired) electrons. The highest BCUT2D eigenvalue weighted by Gasteiger charge is 2.46. The van der Waals surface area contributed by atoms with Crippen LogP contribution in [0.5, 0.6) is 0 Å². The lowest BCUT2D eigenvalue weighted by Gasteiger charge is -2.23. The summed E-state index contributed by atoms with van der Waals surface area (Å²) in [6.07, 6.45) is -2.62. The van der Waals surface area contributed by atoms with E-state index < -0.39 is 33.2 Å². The number of sulfone groups is 1. The first kappa shape index (κ1) is 18.1. The molecule has 3 nitrogen and oxygen atoms in total. The third-order valence-corrected chi connectivity index (χ3v) is 4.39. The second kappa shape index (κ2) is 6.91. The van der Waals surface area contributed by atoms with E-state index in [1.54, 1.807) is 0 Å². The molecule has 120 valence electrons. The van der Waals surface area contributed by atoms with E-state index in [-0.39, 0.29) is 12.2 Å². The first-order valence-corrected chi connectivity index (χ1v) is 8.20. The molecule has 0 bridgehead atoms. The Bertz CT molecular complexity index is 559. The molecule has 10 heteroatoms. The van der Waals surface area contributed by atoms with E-state index in [2.05, 4.69) is 15.9 Å². The molecule has 0 aromatic heterocycles. The molecule has 0 atom stereocenters. The molecule has 0 saturated carbocycles. The third-order valence-electron chi connectivity index (χ3n) is 2.53. The molecule has 0 aliphatic rings. The Morgan fingerprint density at radius 2 is 1.67 bits per heavy atom. The summed E-state index contributed by atoms with van der Waals surface area (Å²) in [7, 11) is -5.43. The molecular formula is C11H11BrF5NO2S. The van der Waals surface area contributed by atoms with Crippen molar-refractivity contribution in [1.82, 2.24) is 0 Å². The second-order valence-electron chi connectivity index (χ2n) is 3.97. The molecule has 1 aromatic rings. The molecule has 0 amide bonds. The zero-order valence-electron chi connectivity index (χ0n) is 10.4. The molecule has 0 aliphatic carbocycles. The van der Waals surface area contributed by atoms with Gasteiger partial charge in [0.2, 0.25) is 0 Å². The van der Waals surface area contributed by atoms with Crippen molar-refractivity contribution < 1.29 is 30.4 Å². The Labute approximate surface area is 126 Å². The van der Waals surface area contributed by atoms with Crippen molar-refractivity contribution in [3.63, 3.8) is 0 Å². The number of benzene rings is 1. The molecule has 0 fully saturated rings. The van der Waals surface area contributed by atoms with Crippen molar-refractivity contribution >= 4 is 31.5 Å². The minimum absolute atomic E-state index is 0.204. The Morgan fingerprint density at radius 1 is 1.14 bits per heavy atom. The van der Waals surface area contributed by atoms with Crippen molar-refractivity contribution in [2.24, 2.45) is 0 Å². The van der Waals surface area contributed by atoms with E-state index in [9.17, 15) is 30.4 Å². The van der Waals surface area contributed by atoms with Gasteiger partial charge in [0, 0.05) is 17.6 Å². The van der Waals surface area contributed by atoms with Gasteiger partial charge in [0.1, 0.15) is 0 Å². The summed E-state index contributed by atoms with van der Waals surface area (Å²) >= 11 is 3.08. The van der Waals surface area contributed by atoms with Crippen LogP contribution in [0.2, 0.25) is 0 Å². The molecule has 0 spiro atoms. The molecule has 0 heterocycles. The molecule has 0 saturated heterocycles. The SMILES string of the molecule is O=S(=O)(c1ccc(N(CCBr)CC(F)F)cc1)C(F)(F)F. The highest BCUT2D eigenvalue weighted by atomic mass is 79.9. The molecule has 21 heavy (non-hydrogen) atoms. The van der Waals surface area contributed by atoms with E-state index in [1.165, 1.54) is 4.90 Å². The number of halogens is 6. The van der Waals surface area contributed by atoms with E-state index in [4.69, 9.17) is 0 Å². The quantitative estimate of drug-likeness (QED) is 0.546. The maximum absolute atomic E-state index is 12.4. The topological polar surface area (TPSA) is 37.4 Å². The summed E-state index contributed by atoms with van der Waals surface area (Å²) in [5, 5.41) is 0.377. The monoisotopic (exact) mass is 395 g/mol. The second-order valence-corrected chi connectivity index (χ2v) is 6.70. The fraction of sp³-hybridized carbons (Fsp3) is 0.455. The lowest BCUT2D eigenvalue weighted by Crippen LogP contribution is -2.30. The average Bonchev–Trinajstić information content (AvgIpc) is 2.36. The first-order chi connectivity index (χ1) is 9.59. The van der Waals surface area contributed by atoms with Gasteiger partial charge in [-0.25, -0.2) is 17.2 Å². The zero-order valence-corrected chi connectivity index (χ0v) is 12.9. The average molecular weight is 396 g/mol. The van der Waals surface area contributed by atoms with Crippen molar-refractivity contribution in [2.45, 2.75) is 16.8 Å². The van der Waals surface area contributed by atoms with Crippen LogP contribution in [0, 0.1) is 0 Å². The lowest BCUT2D eigenvalue weighted by molar-refractivity contribution is -0.0436. The molecule has 0 aliphatic heterocycles. The minimum Gasteiger partial charge on any atom is -0.365 e. The van der Waals surface area contributed by atoms with Gasteiger partial charge in [-0.1, -0.05) is 15.9 Å². The number of hydrogen-bond donors (Lipinski definition) is 0. The van der Waals surface area contributed by atoms with Crippen LogP contribution in [0.15, 0.2) is 29.2 Å². The normalized spacial score (nSPS) is 12.7. The number of alkyl halides is 6. The van der Waals surface area contributed by atoms with E-state index >= 15 is 0 Å². The molecule has 0 unspecified atom stereocenters. The van der Waals surface area contributed by atoms with Gasteiger partial charge in [-0.2, -0.15) is 13.2 Å². The molecule has 1 rings (SSSR count). The predicted molar refractivity (Wildman–Crippen MR) is 71.7 cm³/mol. The van der Waals surface area contributed by atoms with Crippen LogP contribution < -0.4 is 4.90 Å². The van der Waals surface area contributed by atoms with Gasteiger partial charge in [-0.15, -0.1) is 0 Å². The van der Waals surface area contributed by atoms with Gasteiger partial charge in [-0.05, 0) is 24.3 Å². The van der Waals surface area contributed by atoms with Crippen molar-refractivity contribution in [2.75, 3.05) is 23.3 Å². The smallest absolute Gasteiger partial charge is 0.365 e. The van der Waals surface area contributed by atoms with Gasteiger partial charge in [0.05, 0.1) is 11.4 Å². The van der Waals surface area contributed by atoms with E-state index in [0.717, 1.165) is 24.3 Å². The third kappa shape index (κ3) is 4.53. The standard InChI is InChI=1S/C11H11BrF5NO2S/c12-5-6-18(7-10(13)14)8-1-3-9(4-2-8)21(19,20)11(15,16)17/h1-4,10H,5-7H2. The summed E-state index contributed by atoms with van der Waals surface area (Å²) in [5.41, 5.74) is -5.18. The maximum atomic E-state index is 12.4. The van der Waals surface area contributed by atoms with Crippen molar-refractivity contribution in [3.8, 4) is 0 Å². The van der Waals surface area contributed by atoms with Crippen LogP contribution in [-0.2, 0) is 9.84 Å². The first-order valence-electron chi connectivity index (χ1n) is 5.60.